The van der Waals surface area contributed by atoms with Gasteiger partial charge in [0, 0.05) is 7.11 Å². The Labute approximate surface area is 144 Å². The van der Waals surface area contributed by atoms with Crippen LogP contribution in [0.3, 0.4) is 0 Å². The van der Waals surface area contributed by atoms with Crippen LogP contribution in [0.1, 0.15) is 16.1 Å². The number of carboxylic acid groups (broad SMARTS) is 1. The summed E-state index contributed by atoms with van der Waals surface area (Å²) in [4.78, 5) is 23.2. The molecule has 140 valence electrons. The zero-order valence-corrected chi connectivity index (χ0v) is 13.2. The van der Waals surface area contributed by atoms with Crippen molar-refractivity contribution in [1.82, 2.24) is 15.1 Å². The smallest absolute Gasteiger partial charge is 0.434 e. The highest BCUT2D eigenvalue weighted by atomic mass is 19.4. The fraction of sp³-hybridized carbons (Fsp3) is 0.267. The number of alkyl halides is 3. The summed E-state index contributed by atoms with van der Waals surface area (Å²) in [6.07, 6.45) is -4.31. The van der Waals surface area contributed by atoms with Crippen molar-refractivity contribution < 1.29 is 37.0 Å². The molecule has 0 aliphatic heterocycles. The molecule has 0 bridgehead atoms. The van der Waals surface area contributed by atoms with Crippen molar-refractivity contribution in [3.05, 3.63) is 47.5 Å². The molecule has 1 aromatic heterocycles. The molecule has 1 amide bonds. The number of carboxylic acids is 1. The number of carbonyl (C=O) groups excluding carboxylic acids is 1. The van der Waals surface area contributed by atoms with E-state index in [1.807, 2.05) is 5.32 Å². The highest BCUT2D eigenvalue weighted by Crippen LogP contribution is 2.33. The van der Waals surface area contributed by atoms with Crippen molar-refractivity contribution >= 4 is 11.9 Å². The quantitative estimate of drug-likeness (QED) is 0.752. The summed E-state index contributed by atoms with van der Waals surface area (Å²) in [5.41, 5.74) is -2.41. The number of amides is 1. The number of hydrogen-bond acceptors (Lipinski definition) is 4. The van der Waals surface area contributed by atoms with Crippen LogP contribution in [-0.2, 0) is 15.7 Å². The molecule has 0 radical (unpaired) electrons. The largest absolute Gasteiger partial charge is 0.480 e. The van der Waals surface area contributed by atoms with Crippen molar-refractivity contribution in [3.8, 4) is 5.69 Å². The molecular formula is C15H13F4N3O4. The maximum absolute atomic E-state index is 13.5. The summed E-state index contributed by atoms with van der Waals surface area (Å²) in [7, 11) is 1.18. The van der Waals surface area contributed by atoms with Crippen LogP contribution < -0.4 is 5.32 Å². The molecule has 0 aliphatic carbocycles. The Balaban J connectivity index is 2.44. The van der Waals surface area contributed by atoms with Crippen LogP contribution in [0.15, 0.2) is 30.5 Å². The fourth-order valence-electron chi connectivity index (χ4n) is 2.14. The Morgan fingerprint density at radius 2 is 1.92 bits per heavy atom. The van der Waals surface area contributed by atoms with Crippen molar-refractivity contribution in [2.75, 3.05) is 13.7 Å². The molecule has 11 heteroatoms. The standard InChI is InChI=1S/C15H13F4N3O4/c1-26-7-11(14(24)25)21-13(23)10-6-20-22(12(10)15(17,18)19)9-4-2-8(16)3-5-9/h2-6,11H,7H2,1H3,(H,21,23)(H,24,25). The lowest BCUT2D eigenvalue weighted by Crippen LogP contribution is -2.44. The van der Waals surface area contributed by atoms with Crippen LogP contribution in [-0.4, -0.2) is 46.5 Å². The summed E-state index contributed by atoms with van der Waals surface area (Å²) < 4.78 is 58.4. The van der Waals surface area contributed by atoms with E-state index in [9.17, 15) is 27.2 Å². The van der Waals surface area contributed by atoms with E-state index in [0.717, 1.165) is 24.3 Å². The third kappa shape index (κ3) is 4.17. The van der Waals surface area contributed by atoms with Gasteiger partial charge in [-0.2, -0.15) is 18.3 Å². The second-order valence-corrected chi connectivity index (χ2v) is 5.11. The Morgan fingerprint density at radius 3 is 2.42 bits per heavy atom. The minimum Gasteiger partial charge on any atom is -0.480 e. The summed E-state index contributed by atoms with van der Waals surface area (Å²) in [5.74, 6) is -3.41. The maximum Gasteiger partial charge on any atom is 0.434 e. The molecule has 2 N–H and O–H groups in total. The number of benzene rings is 1. The van der Waals surface area contributed by atoms with Crippen LogP contribution >= 0.6 is 0 Å². The fourth-order valence-corrected chi connectivity index (χ4v) is 2.14. The number of nitrogens with zero attached hydrogens (tertiary/aromatic N) is 2. The molecule has 2 aromatic rings. The Kier molecular flexibility index (Phi) is 5.60. The molecular weight excluding hydrogens is 362 g/mol. The molecule has 1 atom stereocenters. The number of nitrogens with one attached hydrogen (secondary N) is 1. The Hall–Kier alpha value is -2.95. The molecule has 1 aromatic carbocycles. The molecule has 0 aliphatic rings. The highest BCUT2D eigenvalue weighted by Gasteiger charge is 2.41. The van der Waals surface area contributed by atoms with E-state index in [0.29, 0.717) is 10.9 Å². The summed E-state index contributed by atoms with van der Waals surface area (Å²) in [5, 5.41) is 14.4. The topological polar surface area (TPSA) is 93.5 Å². The van der Waals surface area contributed by atoms with Gasteiger partial charge in [-0.3, -0.25) is 4.79 Å². The van der Waals surface area contributed by atoms with Gasteiger partial charge in [-0.15, -0.1) is 0 Å². The van der Waals surface area contributed by atoms with E-state index in [1.165, 1.54) is 7.11 Å². The van der Waals surface area contributed by atoms with E-state index in [-0.39, 0.29) is 5.69 Å². The zero-order chi connectivity index (χ0) is 19.5. The Morgan fingerprint density at radius 1 is 1.31 bits per heavy atom. The van der Waals surface area contributed by atoms with Crippen LogP contribution in [0.4, 0.5) is 17.6 Å². The number of methoxy groups -OCH3 is 1. The Bertz CT molecular complexity index is 802. The van der Waals surface area contributed by atoms with Gasteiger partial charge in [0.1, 0.15) is 5.82 Å². The number of carbonyl (C=O) groups is 2. The monoisotopic (exact) mass is 375 g/mol. The first-order valence-corrected chi connectivity index (χ1v) is 7.09. The number of hydrogen-bond donors (Lipinski definition) is 2. The average Bonchev–Trinajstić information content (AvgIpc) is 3.00. The van der Waals surface area contributed by atoms with Gasteiger partial charge in [-0.25, -0.2) is 13.9 Å². The SMILES string of the molecule is COCC(NC(=O)c1cnn(-c2ccc(F)cc2)c1C(F)(F)F)C(=O)O. The molecule has 1 heterocycles. The normalized spacial score (nSPS) is 12.7. The van der Waals surface area contributed by atoms with Crippen LogP contribution in [0, 0.1) is 5.82 Å². The number of rotatable bonds is 6. The predicted molar refractivity (Wildman–Crippen MR) is 79.3 cm³/mol. The van der Waals surface area contributed by atoms with E-state index in [1.54, 1.807) is 0 Å². The molecule has 7 nitrogen and oxygen atoms in total. The summed E-state index contributed by atoms with van der Waals surface area (Å²) in [6, 6.07) is 2.46. The number of aromatic nitrogens is 2. The summed E-state index contributed by atoms with van der Waals surface area (Å²) in [6.45, 7) is -0.436. The predicted octanol–water partition coefficient (Wildman–Crippen LogP) is 1.86. The van der Waals surface area contributed by atoms with Gasteiger partial charge in [0.2, 0.25) is 0 Å². The molecule has 0 spiro atoms. The zero-order valence-electron chi connectivity index (χ0n) is 13.2. The third-order valence-electron chi connectivity index (χ3n) is 3.29. The second kappa shape index (κ2) is 7.52. The second-order valence-electron chi connectivity index (χ2n) is 5.11. The van der Waals surface area contributed by atoms with Gasteiger partial charge < -0.3 is 15.2 Å². The molecule has 0 saturated carbocycles. The first-order chi connectivity index (χ1) is 12.1. The van der Waals surface area contributed by atoms with Gasteiger partial charge >= 0.3 is 12.1 Å². The first-order valence-electron chi connectivity index (χ1n) is 7.09. The van der Waals surface area contributed by atoms with Crippen molar-refractivity contribution in [3.63, 3.8) is 0 Å². The third-order valence-corrected chi connectivity index (χ3v) is 3.29. The van der Waals surface area contributed by atoms with E-state index in [2.05, 4.69) is 9.84 Å². The van der Waals surface area contributed by atoms with Gasteiger partial charge in [-0.05, 0) is 24.3 Å². The number of aliphatic carboxylic acids is 1. The van der Waals surface area contributed by atoms with Crippen LogP contribution in [0.2, 0.25) is 0 Å². The van der Waals surface area contributed by atoms with E-state index in [4.69, 9.17) is 5.11 Å². The average molecular weight is 375 g/mol. The van der Waals surface area contributed by atoms with Gasteiger partial charge in [0.25, 0.3) is 5.91 Å². The summed E-state index contributed by atoms with van der Waals surface area (Å²) >= 11 is 0. The number of ether oxygens (including phenoxy) is 1. The van der Waals surface area contributed by atoms with Crippen LogP contribution in [0.5, 0.6) is 0 Å². The van der Waals surface area contributed by atoms with E-state index < -0.39 is 47.8 Å². The lowest BCUT2D eigenvalue weighted by molar-refractivity contribution is -0.143. The highest BCUT2D eigenvalue weighted by molar-refractivity contribution is 5.97. The minimum atomic E-state index is -4.97. The molecule has 0 fully saturated rings. The van der Waals surface area contributed by atoms with Gasteiger partial charge in [0.15, 0.2) is 11.7 Å². The lowest BCUT2D eigenvalue weighted by atomic mass is 10.2. The number of halogens is 4. The molecule has 26 heavy (non-hydrogen) atoms. The molecule has 2 rings (SSSR count). The minimum absolute atomic E-state index is 0.121. The van der Waals surface area contributed by atoms with Gasteiger partial charge in [0.05, 0.1) is 24.1 Å². The van der Waals surface area contributed by atoms with Crippen molar-refractivity contribution in [2.45, 2.75) is 12.2 Å². The van der Waals surface area contributed by atoms with Crippen molar-refractivity contribution in [1.29, 1.82) is 0 Å². The first kappa shape index (κ1) is 19.4. The maximum atomic E-state index is 13.5. The lowest BCUT2D eigenvalue weighted by Gasteiger charge is -2.15. The molecule has 1 unspecified atom stereocenters. The van der Waals surface area contributed by atoms with E-state index >= 15 is 0 Å². The van der Waals surface area contributed by atoms with Crippen LogP contribution in [0.25, 0.3) is 5.69 Å². The molecule has 0 saturated heterocycles. The van der Waals surface area contributed by atoms with Crippen molar-refractivity contribution in [2.24, 2.45) is 0 Å². The van der Waals surface area contributed by atoms with Gasteiger partial charge in [-0.1, -0.05) is 0 Å².